The smallest absolute Gasteiger partial charge is 0.230 e. The van der Waals surface area contributed by atoms with E-state index in [0.29, 0.717) is 11.9 Å². The summed E-state index contributed by atoms with van der Waals surface area (Å²) in [5, 5.41) is 0. The van der Waals surface area contributed by atoms with Gasteiger partial charge in [0.2, 0.25) is 5.91 Å². The lowest BCUT2D eigenvalue weighted by molar-refractivity contribution is -0.147. The average molecular weight is 317 g/mol. The molecule has 1 amide bonds. The summed E-state index contributed by atoms with van der Waals surface area (Å²) in [6.07, 6.45) is 9.10. The summed E-state index contributed by atoms with van der Waals surface area (Å²) in [5.41, 5.74) is -0.239. The molecule has 5 heteroatoms. The summed E-state index contributed by atoms with van der Waals surface area (Å²) in [7, 11) is 0. The first-order valence-electron chi connectivity index (χ1n) is 8.86. The molecule has 3 fully saturated rings. The maximum Gasteiger partial charge on any atom is 0.230 e. The van der Waals surface area contributed by atoms with Crippen molar-refractivity contribution < 1.29 is 9.18 Å². The minimum atomic E-state index is -0.316. The highest BCUT2D eigenvalue weighted by Crippen LogP contribution is 2.43. The van der Waals surface area contributed by atoms with Gasteiger partial charge in [0.25, 0.3) is 0 Å². The standard InChI is InChI=1S/C18H24FN3O/c19-14-6-7-16(20-12-14)21-11-9-18(13-21)8-3-10-22(17(18)23)15-4-1-2-5-15/h6-7,12,15H,1-5,8-11,13H2/t18-/m1/s1. The van der Waals surface area contributed by atoms with Crippen molar-refractivity contribution in [3.8, 4) is 0 Å². The van der Waals surface area contributed by atoms with Crippen molar-refractivity contribution in [2.24, 2.45) is 5.41 Å². The van der Waals surface area contributed by atoms with Crippen LogP contribution in [0.5, 0.6) is 0 Å². The second kappa shape index (κ2) is 5.77. The Bertz CT molecular complexity index is 584. The Morgan fingerprint density at radius 1 is 1.13 bits per heavy atom. The Balaban J connectivity index is 1.51. The number of nitrogens with zero attached hydrogens (tertiary/aromatic N) is 3. The first-order chi connectivity index (χ1) is 11.2. The van der Waals surface area contributed by atoms with Crippen LogP contribution in [0, 0.1) is 11.2 Å². The molecule has 0 aromatic carbocycles. The molecule has 1 saturated carbocycles. The Kier molecular flexibility index (Phi) is 3.74. The molecule has 4 rings (SSSR count). The molecule has 124 valence electrons. The fourth-order valence-electron chi connectivity index (χ4n) is 4.67. The predicted molar refractivity (Wildman–Crippen MR) is 86.7 cm³/mol. The van der Waals surface area contributed by atoms with Gasteiger partial charge in [-0.2, -0.15) is 0 Å². The predicted octanol–water partition coefficient (Wildman–Crippen LogP) is 2.98. The summed E-state index contributed by atoms with van der Waals surface area (Å²) in [6, 6.07) is 3.63. The monoisotopic (exact) mass is 317 g/mol. The molecule has 1 atom stereocenters. The topological polar surface area (TPSA) is 36.4 Å². The number of anilines is 1. The molecular formula is C18H24FN3O. The van der Waals surface area contributed by atoms with Gasteiger partial charge in [0, 0.05) is 25.7 Å². The highest BCUT2D eigenvalue weighted by Gasteiger charge is 2.50. The van der Waals surface area contributed by atoms with Crippen LogP contribution < -0.4 is 4.90 Å². The van der Waals surface area contributed by atoms with Gasteiger partial charge in [-0.3, -0.25) is 4.79 Å². The van der Waals surface area contributed by atoms with Gasteiger partial charge in [-0.05, 0) is 44.2 Å². The van der Waals surface area contributed by atoms with Crippen molar-refractivity contribution >= 4 is 11.7 Å². The second-order valence-corrected chi connectivity index (χ2v) is 7.33. The van der Waals surface area contributed by atoms with E-state index in [1.807, 2.05) is 0 Å². The second-order valence-electron chi connectivity index (χ2n) is 7.33. The number of pyridine rings is 1. The molecule has 0 bridgehead atoms. The van der Waals surface area contributed by atoms with Crippen molar-refractivity contribution in [1.29, 1.82) is 0 Å². The maximum absolute atomic E-state index is 13.2. The van der Waals surface area contributed by atoms with Crippen LogP contribution in [0.3, 0.4) is 0 Å². The van der Waals surface area contributed by atoms with E-state index in [4.69, 9.17) is 0 Å². The third-order valence-electron chi connectivity index (χ3n) is 5.92. The van der Waals surface area contributed by atoms with Crippen LogP contribution in [-0.4, -0.2) is 41.5 Å². The first kappa shape index (κ1) is 14.9. The van der Waals surface area contributed by atoms with E-state index in [1.54, 1.807) is 6.07 Å². The molecule has 2 aliphatic heterocycles. The molecular weight excluding hydrogens is 293 g/mol. The number of hydrogen-bond donors (Lipinski definition) is 0. The van der Waals surface area contributed by atoms with Crippen molar-refractivity contribution in [2.75, 3.05) is 24.5 Å². The van der Waals surface area contributed by atoms with Gasteiger partial charge in [0.15, 0.2) is 0 Å². The highest BCUT2D eigenvalue weighted by molar-refractivity contribution is 5.85. The van der Waals surface area contributed by atoms with E-state index in [9.17, 15) is 9.18 Å². The van der Waals surface area contributed by atoms with Crippen LogP contribution in [0.1, 0.15) is 44.9 Å². The normalized spacial score (nSPS) is 29.0. The number of piperidine rings is 1. The Morgan fingerprint density at radius 3 is 2.70 bits per heavy atom. The van der Waals surface area contributed by atoms with E-state index < -0.39 is 0 Å². The SMILES string of the molecule is O=C1N(C2CCCC2)CCC[C@]12CCN(c1ccc(F)cn1)C2. The van der Waals surface area contributed by atoms with Crippen molar-refractivity contribution in [1.82, 2.24) is 9.88 Å². The van der Waals surface area contributed by atoms with Gasteiger partial charge in [-0.15, -0.1) is 0 Å². The zero-order valence-electron chi connectivity index (χ0n) is 13.5. The number of amides is 1. The van der Waals surface area contributed by atoms with Crippen LogP contribution in [0.25, 0.3) is 0 Å². The molecule has 0 radical (unpaired) electrons. The summed E-state index contributed by atoms with van der Waals surface area (Å²) < 4.78 is 13.1. The van der Waals surface area contributed by atoms with Crippen LogP contribution in [0.4, 0.5) is 10.2 Å². The quantitative estimate of drug-likeness (QED) is 0.841. The van der Waals surface area contributed by atoms with Crippen molar-refractivity contribution in [2.45, 2.75) is 51.0 Å². The van der Waals surface area contributed by atoms with Crippen LogP contribution >= 0.6 is 0 Å². The molecule has 23 heavy (non-hydrogen) atoms. The van der Waals surface area contributed by atoms with Gasteiger partial charge in [0.05, 0.1) is 11.6 Å². The highest BCUT2D eigenvalue weighted by atomic mass is 19.1. The minimum absolute atomic E-state index is 0.239. The summed E-state index contributed by atoms with van der Waals surface area (Å²) >= 11 is 0. The van der Waals surface area contributed by atoms with Crippen molar-refractivity contribution in [3.63, 3.8) is 0 Å². The van der Waals surface area contributed by atoms with E-state index >= 15 is 0 Å². The van der Waals surface area contributed by atoms with Gasteiger partial charge in [-0.1, -0.05) is 12.8 Å². The Labute approximate surface area is 136 Å². The molecule has 0 unspecified atom stereocenters. The lowest BCUT2D eigenvalue weighted by atomic mass is 9.77. The Hall–Kier alpha value is -1.65. The van der Waals surface area contributed by atoms with Crippen LogP contribution in [0.15, 0.2) is 18.3 Å². The number of hydrogen-bond acceptors (Lipinski definition) is 3. The number of likely N-dealkylation sites (tertiary alicyclic amines) is 1. The zero-order chi connectivity index (χ0) is 15.9. The van der Waals surface area contributed by atoms with Gasteiger partial charge in [-0.25, -0.2) is 9.37 Å². The lowest BCUT2D eigenvalue weighted by Gasteiger charge is -2.42. The molecule has 1 aromatic rings. The van der Waals surface area contributed by atoms with E-state index in [0.717, 1.165) is 44.7 Å². The molecule has 3 aliphatic rings. The average Bonchev–Trinajstić information content (AvgIpc) is 3.22. The van der Waals surface area contributed by atoms with Crippen LogP contribution in [0.2, 0.25) is 0 Å². The first-order valence-corrected chi connectivity index (χ1v) is 8.86. The van der Waals surface area contributed by atoms with E-state index in [2.05, 4.69) is 14.8 Å². The molecule has 0 N–H and O–H groups in total. The molecule has 4 nitrogen and oxygen atoms in total. The number of carbonyl (C=O) groups excluding carboxylic acids is 1. The van der Waals surface area contributed by atoms with Gasteiger partial charge >= 0.3 is 0 Å². The number of carbonyl (C=O) groups is 1. The minimum Gasteiger partial charge on any atom is -0.356 e. The largest absolute Gasteiger partial charge is 0.356 e. The molecule has 3 heterocycles. The third-order valence-corrected chi connectivity index (χ3v) is 5.92. The summed E-state index contributed by atoms with van der Waals surface area (Å²) in [4.78, 5) is 21.7. The van der Waals surface area contributed by atoms with Gasteiger partial charge < -0.3 is 9.80 Å². The zero-order valence-corrected chi connectivity index (χ0v) is 13.5. The number of rotatable bonds is 2. The van der Waals surface area contributed by atoms with Crippen LogP contribution in [-0.2, 0) is 4.79 Å². The third kappa shape index (κ3) is 2.60. The maximum atomic E-state index is 13.2. The fourth-order valence-corrected chi connectivity index (χ4v) is 4.67. The number of aromatic nitrogens is 1. The summed E-state index contributed by atoms with van der Waals surface area (Å²) in [6.45, 7) is 2.50. The molecule has 1 aromatic heterocycles. The molecule has 1 aliphatic carbocycles. The molecule has 2 saturated heterocycles. The lowest BCUT2D eigenvalue weighted by Crippen LogP contribution is -2.53. The van der Waals surface area contributed by atoms with Gasteiger partial charge in [0.1, 0.15) is 11.6 Å². The van der Waals surface area contributed by atoms with E-state index in [-0.39, 0.29) is 11.2 Å². The summed E-state index contributed by atoms with van der Waals surface area (Å²) in [5.74, 6) is 0.832. The van der Waals surface area contributed by atoms with Crippen molar-refractivity contribution in [3.05, 3.63) is 24.1 Å². The van der Waals surface area contributed by atoms with E-state index in [1.165, 1.54) is 37.9 Å². The fraction of sp³-hybridized carbons (Fsp3) is 0.667. The Morgan fingerprint density at radius 2 is 1.96 bits per heavy atom. The molecule has 1 spiro atoms. The number of halogens is 1.